The molecule has 0 atom stereocenters. The lowest BCUT2D eigenvalue weighted by Crippen LogP contribution is -2.39. The van der Waals surface area contributed by atoms with Crippen molar-refractivity contribution < 1.29 is 13.9 Å². The largest absolute Gasteiger partial charge is 0.460 e. The first-order valence-corrected chi connectivity index (χ1v) is 9.78. The molecule has 1 heterocycles. The Morgan fingerprint density at radius 3 is 2.17 bits per heavy atom. The molecule has 0 bridgehead atoms. The first-order chi connectivity index (χ1) is 14.2. The second-order valence-corrected chi connectivity index (χ2v) is 7.19. The number of amides is 1. The highest BCUT2D eigenvalue weighted by Gasteiger charge is 2.24. The van der Waals surface area contributed by atoms with Gasteiger partial charge in [-0.1, -0.05) is 42.5 Å². The number of hydrogen-bond donors (Lipinski definition) is 1. The molecule has 0 aliphatic heterocycles. The predicted octanol–water partition coefficient (Wildman–Crippen LogP) is 4.40. The van der Waals surface area contributed by atoms with Crippen LogP contribution in [0.4, 0.5) is 4.39 Å². The van der Waals surface area contributed by atoms with Gasteiger partial charge >= 0.3 is 6.01 Å². The van der Waals surface area contributed by atoms with Gasteiger partial charge < -0.3 is 10.1 Å². The van der Waals surface area contributed by atoms with E-state index in [9.17, 15) is 9.18 Å². The molecule has 4 rings (SSSR count). The Labute approximate surface area is 169 Å². The molecule has 5 nitrogen and oxygen atoms in total. The smallest absolute Gasteiger partial charge is 0.316 e. The fraction of sp³-hybridized carbons (Fsp3) is 0.261. The van der Waals surface area contributed by atoms with Crippen molar-refractivity contribution in [3.05, 3.63) is 78.4 Å². The summed E-state index contributed by atoms with van der Waals surface area (Å²) in [5.41, 5.74) is 2.87. The van der Waals surface area contributed by atoms with E-state index in [1.165, 1.54) is 0 Å². The third kappa shape index (κ3) is 4.96. The highest BCUT2D eigenvalue weighted by atomic mass is 19.1. The van der Waals surface area contributed by atoms with Crippen LogP contribution in [0.5, 0.6) is 6.01 Å². The summed E-state index contributed by atoms with van der Waals surface area (Å²) in [4.78, 5) is 20.2. The van der Waals surface area contributed by atoms with Crippen molar-refractivity contribution in [3.8, 4) is 17.1 Å². The Balaban J connectivity index is 1.28. The minimum absolute atomic E-state index is 0.0150. The van der Waals surface area contributed by atoms with Gasteiger partial charge in [0.2, 0.25) is 0 Å². The second kappa shape index (κ2) is 8.82. The number of rotatable bonds is 5. The van der Waals surface area contributed by atoms with Gasteiger partial charge in [-0.05, 0) is 48.9 Å². The van der Waals surface area contributed by atoms with Crippen LogP contribution in [0.2, 0.25) is 0 Å². The standard InChI is InChI=1S/C23H22FN3O2/c24-19-14-25-23(26-15-19)29-21-12-10-20(11-13-21)27-22(28)18-8-6-17(7-9-18)16-4-2-1-3-5-16/h1-9,14-15,20-21H,10-13H2,(H,27,28). The second-order valence-electron chi connectivity index (χ2n) is 7.19. The van der Waals surface area contributed by atoms with Gasteiger partial charge in [0.15, 0.2) is 5.82 Å². The number of halogens is 1. The number of benzene rings is 2. The van der Waals surface area contributed by atoms with Crippen molar-refractivity contribution in [3.63, 3.8) is 0 Å². The monoisotopic (exact) mass is 391 g/mol. The van der Waals surface area contributed by atoms with Gasteiger partial charge in [-0.15, -0.1) is 0 Å². The molecule has 3 aromatic rings. The van der Waals surface area contributed by atoms with Crippen molar-refractivity contribution >= 4 is 5.91 Å². The third-order valence-electron chi connectivity index (χ3n) is 5.13. The highest BCUT2D eigenvalue weighted by molar-refractivity contribution is 5.94. The van der Waals surface area contributed by atoms with Gasteiger partial charge in [-0.25, -0.2) is 14.4 Å². The third-order valence-corrected chi connectivity index (χ3v) is 5.13. The molecule has 1 aliphatic carbocycles. The molecule has 6 heteroatoms. The Hall–Kier alpha value is -3.28. The van der Waals surface area contributed by atoms with Crippen LogP contribution in [0.15, 0.2) is 67.0 Å². The van der Waals surface area contributed by atoms with Crippen molar-refractivity contribution in [1.82, 2.24) is 15.3 Å². The summed E-state index contributed by atoms with van der Waals surface area (Å²) >= 11 is 0. The summed E-state index contributed by atoms with van der Waals surface area (Å²) in [6.07, 6.45) is 5.39. The lowest BCUT2D eigenvalue weighted by molar-refractivity contribution is 0.0885. The average molecular weight is 391 g/mol. The van der Waals surface area contributed by atoms with E-state index in [2.05, 4.69) is 15.3 Å². The van der Waals surface area contributed by atoms with Gasteiger partial charge in [0.25, 0.3) is 5.91 Å². The number of hydrogen-bond acceptors (Lipinski definition) is 4. The minimum Gasteiger partial charge on any atom is -0.460 e. The summed E-state index contributed by atoms with van der Waals surface area (Å²) in [6, 6.07) is 18.0. The normalized spacial score (nSPS) is 18.8. The van der Waals surface area contributed by atoms with E-state index in [0.29, 0.717) is 5.56 Å². The quantitative estimate of drug-likeness (QED) is 0.700. The number of nitrogens with zero attached hydrogens (tertiary/aromatic N) is 2. The number of nitrogens with one attached hydrogen (secondary N) is 1. The van der Waals surface area contributed by atoms with Crippen LogP contribution < -0.4 is 10.1 Å². The van der Waals surface area contributed by atoms with E-state index in [1.807, 2.05) is 54.6 Å². The van der Waals surface area contributed by atoms with E-state index in [0.717, 1.165) is 49.2 Å². The first kappa shape index (κ1) is 19.1. The van der Waals surface area contributed by atoms with E-state index in [1.54, 1.807) is 0 Å². The van der Waals surface area contributed by atoms with E-state index < -0.39 is 5.82 Å². The summed E-state index contributed by atoms with van der Waals surface area (Å²) in [7, 11) is 0. The van der Waals surface area contributed by atoms with Crippen LogP contribution in [-0.4, -0.2) is 28.0 Å². The van der Waals surface area contributed by atoms with Gasteiger partial charge in [0.05, 0.1) is 12.4 Å². The summed E-state index contributed by atoms with van der Waals surface area (Å²) < 4.78 is 18.6. The molecule has 1 amide bonds. The van der Waals surface area contributed by atoms with Crippen LogP contribution >= 0.6 is 0 Å². The lowest BCUT2D eigenvalue weighted by Gasteiger charge is -2.28. The molecular weight excluding hydrogens is 369 g/mol. The van der Waals surface area contributed by atoms with Crippen LogP contribution in [0, 0.1) is 5.82 Å². The van der Waals surface area contributed by atoms with Crippen LogP contribution in [0.3, 0.4) is 0 Å². The predicted molar refractivity (Wildman–Crippen MR) is 108 cm³/mol. The van der Waals surface area contributed by atoms with Gasteiger partial charge in [0.1, 0.15) is 6.10 Å². The van der Waals surface area contributed by atoms with Gasteiger partial charge in [-0.2, -0.15) is 0 Å². The van der Waals surface area contributed by atoms with E-state index in [-0.39, 0.29) is 24.1 Å². The van der Waals surface area contributed by atoms with Crippen molar-refractivity contribution in [2.75, 3.05) is 0 Å². The van der Waals surface area contributed by atoms with Crippen LogP contribution in [-0.2, 0) is 0 Å². The fourth-order valence-corrected chi connectivity index (χ4v) is 3.55. The molecular formula is C23H22FN3O2. The summed E-state index contributed by atoms with van der Waals surface area (Å²) in [5, 5.41) is 3.11. The van der Waals surface area contributed by atoms with Crippen molar-refractivity contribution in [2.45, 2.75) is 37.8 Å². The number of carbonyl (C=O) groups excluding carboxylic acids is 1. The minimum atomic E-state index is -0.486. The molecule has 0 spiro atoms. The molecule has 1 aromatic heterocycles. The topological polar surface area (TPSA) is 64.1 Å². The Morgan fingerprint density at radius 2 is 1.52 bits per heavy atom. The van der Waals surface area contributed by atoms with Gasteiger partial charge in [-0.3, -0.25) is 4.79 Å². The molecule has 0 saturated heterocycles. The number of ether oxygens (including phenoxy) is 1. The molecule has 2 aromatic carbocycles. The maximum absolute atomic E-state index is 12.9. The zero-order valence-corrected chi connectivity index (χ0v) is 15.9. The first-order valence-electron chi connectivity index (χ1n) is 9.78. The average Bonchev–Trinajstić information content (AvgIpc) is 2.77. The summed E-state index contributed by atoms with van der Waals surface area (Å²) in [6.45, 7) is 0. The molecule has 29 heavy (non-hydrogen) atoms. The molecule has 1 aliphatic rings. The molecule has 1 saturated carbocycles. The highest BCUT2D eigenvalue weighted by Crippen LogP contribution is 2.23. The summed E-state index contributed by atoms with van der Waals surface area (Å²) in [5.74, 6) is -0.545. The fourth-order valence-electron chi connectivity index (χ4n) is 3.55. The maximum atomic E-state index is 12.9. The van der Waals surface area contributed by atoms with E-state index >= 15 is 0 Å². The van der Waals surface area contributed by atoms with Crippen LogP contribution in [0.1, 0.15) is 36.0 Å². The zero-order chi connectivity index (χ0) is 20.1. The van der Waals surface area contributed by atoms with Gasteiger partial charge in [0, 0.05) is 11.6 Å². The molecule has 1 N–H and O–H groups in total. The number of aromatic nitrogens is 2. The Morgan fingerprint density at radius 1 is 0.897 bits per heavy atom. The van der Waals surface area contributed by atoms with E-state index in [4.69, 9.17) is 4.74 Å². The SMILES string of the molecule is O=C(NC1CCC(Oc2ncc(F)cn2)CC1)c1ccc(-c2ccccc2)cc1. The van der Waals surface area contributed by atoms with Crippen LogP contribution in [0.25, 0.3) is 11.1 Å². The molecule has 1 fully saturated rings. The maximum Gasteiger partial charge on any atom is 0.316 e. The number of carbonyl (C=O) groups is 1. The molecule has 0 unspecified atom stereocenters. The lowest BCUT2D eigenvalue weighted by atomic mass is 9.92. The molecule has 0 radical (unpaired) electrons. The Bertz CT molecular complexity index is 938. The van der Waals surface area contributed by atoms with Crippen molar-refractivity contribution in [1.29, 1.82) is 0 Å². The van der Waals surface area contributed by atoms with Crippen molar-refractivity contribution in [2.24, 2.45) is 0 Å². The zero-order valence-electron chi connectivity index (χ0n) is 15.9. The molecule has 148 valence electrons. The Kier molecular flexibility index (Phi) is 5.79.